The molecule has 0 aromatic rings. The van der Waals surface area contributed by atoms with Gasteiger partial charge in [0.1, 0.15) is 18.8 Å². The summed E-state index contributed by atoms with van der Waals surface area (Å²) in [6.07, 6.45) is 67.9. The number of carbonyl (C=O) groups excluding carboxylic acids is 3. The number of hydrogen-bond donors (Lipinski definition) is 3. The Morgan fingerprint density at radius 3 is 1.19 bits per heavy atom. The third-order valence-electron chi connectivity index (χ3n) is 12.6. The maximum Gasteiger partial charge on any atom is 0.335 e. The van der Waals surface area contributed by atoms with Gasteiger partial charge in [-0.3, -0.25) is 14.4 Å². The first kappa shape index (κ1) is 73.4. The summed E-state index contributed by atoms with van der Waals surface area (Å²) in [4.78, 5) is 51.2. The standard InChI is InChI=1S/C69H104O12/c1-4-7-10-13-16-19-22-25-27-29-31-33-35-38-40-43-46-49-52-55-61(70)77-58-60(79-62(71)56-53-50-47-44-41-37-24-21-18-15-12-9-6-3)59-78-69-67(65(74)64(73)66(81-69)68(75)76)80-63(72)57-54-51-48-45-42-39-36-34-32-30-28-26-23-20-17-14-11-8-5-2/h7-12,16-21,25-28,31-34,37-38,40-41,47,50,60,64-67,69,73-74H,4-6,13-15,22-24,29-30,35-36,39,42-46,48-49,51-59H2,1-3H3,(H,75,76)/b10-7-,11-8-,12-9-,19-16-,20-17-,21-18-,27-25-,28-26-,33-31-,34-32-,40-38-,41-37-,50-47-. The molecule has 0 aromatic heterocycles. The summed E-state index contributed by atoms with van der Waals surface area (Å²) in [6, 6.07) is 0. The number of unbranched alkanes of at least 4 members (excludes halogenated alkanes) is 9. The van der Waals surface area contributed by atoms with Crippen LogP contribution >= 0.6 is 0 Å². The molecule has 0 bridgehead atoms. The number of esters is 3. The first-order valence-corrected chi connectivity index (χ1v) is 30.5. The molecule has 12 nitrogen and oxygen atoms in total. The summed E-state index contributed by atoms with van der Waals surface area (Å²) < 4.78 is 28.3. The molecule has 1 aliphatic rings. The van der Waals surface area contributed by atoms with E-state index < -0.39 is 67.3 Å². The molecule has 0 aliphatic carbocycles. The highest BCUT2D eigenvalue weighted by atomic mass is 16.7. The van der Waals surface area contributed by atoms with Crippen LogP contribution in [0.4, 0.5) is 0 Å². The predicted octanol–water partition coefficient (Wildman–Crippen LogP) is 16.1. The van der Waals surface area contributed by atoms with Crippen LogP contribution in [0, 0.1) is 0 Å². The van der Waals surface area contributed by atoms with Crippen molar-refractivity contribution in [2.24, 2.45) is 0 Å². The lowest BCUT2D eigenvalue weighted by Crippen LogP contribution is -2.61. The Morgan fingerprint density at radius 2 is 0.765 bits per heavy atom. The lowest BCUT2D eigenvalue weighted by Gasteiger charge is -2.40. The second kappa shape index (κ2) is 54.9. The van der Waals surface area contributed by atoms with Crippen LogP contribution in [-0.4, -0.2) is 89.2 Å². The van der Waals surface area contributed by atoms with E-state index in [1.54, 1.807) is 0 Å². The van der Waals surface area contributed by atoms with Gasteiger partial charge in [-0.25, -0.2) is 4.79 Å². The van der Waals surface area contributed by atoms with E-state index in [0.29, 0.717) is 25.7 Å². The lowest BCUT2D eigenvalue weighted by atomic mass is 9.98. The second-order valence-corrected chi connectivity index (χ2v) is 19.8. The minimum Gasteiger partial charge on any atom is -0.479 e. The third-order valence-corrected chi connectivity index (χ3v) is 12.6. The van der Waals surface area contributed by atoms with Crippen LogP contribution in [-0.2, 0) is 42.9 Å². The fourth-order valence-corrected chi connectivity index (χ4v) is 8.04. The second-order valence-electron chi connectivity index (χ2n) is 19.8. The topological polar surface area (TPSA) is 175 Å². The third kappa shape index (κ3) is 44.7. The number of rotatable bonds is 49. The molecule has 6 unspecified atom stereocenters. The minimum absolute atomic E-state index is 0.0226. The van der Waals surface area contributed by atoms with E-state index in [1.165, 1.54) is 0 Å². The van der Waals surface area contributed by atoms with Gasteiger partial charge in [0.05, 0.1) is 6.61 Å². The summed E-state index contributed by atoms with van der Waals surface area (Å²) in [7, 11) is 0. The summed E-state index contributed by atoms with van der Waals surface area (Å²) in [6.45, 7) is 5.54. The highest BCUT2D eigenvalue weighted by Crippen LogP contribution is 2.26. The quantitative estimate of drug-likeness (QED) is 0.0228. The van der Waals surface area contributed by atoms with Gasteiger partial charge in [0, 0.05) is 19.3 Å². The van der Waals surface area contributed by atoms with E-state index in [4.69, 9.17) is 23.7 Å². The van der Waals surface area contributed by atoms with Gasteiger partial charge in [0.15, 0.2) is 24.6 Å². The largest absolute Gasteiger partial charge is 0.479 e. The molecule has 1 heterocycles. The molecule has 0 radical (unpaired) electrons. The number of hydrogen-bond acceptors (Lipinski definition) is 11. The van der Waals surface area contributed by atoms with Crippen LogP contribution in [0.2, 0.25) is 0 Å². The first-order chi connectivity index (χ1) is 39.6. The fourth-order valence-electron chi connectivity index (χ4n) is 8.04. The van der Waals surface area contributed by atoms with Crippen molar-refractivity contribution in [3.63, 3.8) is 0 Å². The van der Waals surface area contributed by atoms with Crippen molar-refractivity contribution in [1.29, 1.82) is 0 Å². The van der Waals surface area contributed by atoms with Crippen LogP contribution < -0.4 is 0 Å². The number of carbonyl (C=O) groups is 4. The summed E-state index contributed by atoms with van der Waals surface area (Å²) in [5.74, 6) is -3.32. The van der Waals surface area contributed by atoms with Crippen molar-refractivity contribution >= 4 is 23.9 Å². The fraction of sp³-hybridized carbons (Fsp3) is 0.565. The molecular formula is C69H104O12. The van der Waals surface area contributed by atoms with Crippen molar-refractivity contribution in [3.8, 4) is 0 Å². The van der Waals surface area contributed by atoms with Gasteiger partial charge in [-0.05, 0) is 128 Å². The van der Waals surface area contributed by atoms with Crippen molar-refractivity contribution in [2.45, 2.75) is 237 Å². The van der Waals surface area contributed by atoms with Crippen LogP contribution in [0.25, 0.3) is 0 Å². The van der Waals surface area contributed by atoms with Crippen molar-refractivity contribution in [3.05, 3.63) is 158 Å². The average Bonchev–Trinajstić information content (AvgIpc) is 3.45. The van der Waals surface area contributed by atoms with Crippen molar-refractivity contribution in [1.82, 2.24) is 0 Å². The Hall–Kier alpha value is -5.66. The molecule has 1 rings (SSSR count). The van der Waals surface area contributed by atoms with Crippen LogP contribution in [0.1, 0.15) is 201 Å². The minimum atomic E-state index is -1.93. The van der Waals surface area contributed by atoms with E-state index in [9.17, 15) is 34.5 Å². The Labute approximate surface area is 488 Å². The molecule has 0 amide bonds. The molecule has 0 spiro atoms. The summed E-state index contributed by atoms with van der Waals surface area (Å²) in [5, 5.41) is 31.5. The molecule has 0 saturated carbocycles. The SMILES string of the molecule is CC/C=C\C/C=C\C/C=C\C/C=C\C/C=C\CCCCCC(=O)OCC(COC1OC(C(=O)O)C(O)C(O)C1OC(=O)CCCCCCCC/C=C\C/C=C\C/C=C\C/C=C\CC)OC(=O)CC/C=C\C/C=C\C/C=C\C/C=C\CC. The number of ether oxygens (including phenoxy) is 5. The highest BCUT2D eigenvalue weighted by Gasteiger charge is 2.50. The Bertz CT molecular complexity index is 2010. The Balaban J connectivity index is 2.74. The Morgan fingerprint density at radius 1 is 0.407 bits per heavy atom. The number of carboxylic acids is 1. The molecule has 6 atom stereocenters. The van der Waals surface area contributed by atoms with Gasteiger partial charge in [0.2, 0.25) is 0 Å². The van der Waals surface area contributed by atoms with Gasteiger partial charge in [-0.1, -0.05) is 211 Å². The van der Waals surface area contributed by atoms with E-state index in [-0.39, 0.29) is 25.9 Å². The number of allylic oxidation sites excluding steroid dienone is 26. The maximum atomic E-state index is 13.1. The van der Waals surface area contributed by atoms with Gasteiger partial charge in [-0.15, -0.1) is 0 Å². The van der Waals surface area contributed by atoms with Crippen LogP contribution in [0.3, 0.4) is 0 Å². The molecule has 1 aliphatic heterocycles. The normalized spacial score (nSPS) is 18.9. The smallest absolute Gasteiger partial charge is 0.335 e. The molecule has 12 heteroatoms. The molecule has 0 aromatic carbocycles. The van der Waals surface area contributed by atoms with E-state index in [0.717, 1.165) is 135 Å². The first-order valence-electron chi connectivity index (χ1n) is 30.5. The van der Waals surface area contributed by atoms with E-state index in [2.05, 4.69) is 167 Å². The predicted molar refractivity (Wildman–Crippen MR) is 330 cm³/mol. The maximum absolute atomic E-state index is 13.1. The number of aliphatic hydroxyl groups is 2. The molecule has 3 N–H and O–H groups in total. The highest BCUT2D eigenvalue weighted by molar-refractivity contribution is 5.74. The molecular weight excluding hydrogens is 1020 g/mol. The van der Waals surface area contributed by atoms with Gasteiger partial charge >= 0.3 is 23.9 Å². The Kier molecular flexibility index (Phi) is 49.7. The van der Waals surface area contributed by atoms with Crippen LogP contribution in [0.5, 0.6) is 0 Å². The zero-order valence-corrected chi connectivity index (χ0v) is 49.7. The van der Waals surface area contributed by atoms with E-state index in [1.807, 2.05) is 12.2 Å². The summed E-state index contributed by atoms with van der Waals surface area (Å²) >= 11 is 0. The van der Waals surface area contributed by atoms with Gasteiger partial charge < -0.3 is 39.0 Å². The molecule has 81 heavy (non-hydrogen) atoms. The number of carboxylic acid groups (broad SMARTS) is 1. The lowest BCUT2D eigenvalue weighted by molar-refractivity contribution is -0.301. The van der Waals surface area contributed by atoms with E-state index >= 15 is 0 Å². The number of aliphatic hydroxyl groups excluding tert-OH is 2. The monoisotopic (exact) mass is 1120 g/mol. The van der Waals surface area contributed by atoms with Crippen molar-refractivity contribution < 1.29 is 58.2 Å². The average molecular weight is 1130 g/mol. The molecule has 1 fully saturated rings. The molecule has 452 valence electrons. The zero-order chi connectivity index (χ0) is 58.9. The van der Waals surface area contributed by atoms with Crippen molar-refractivity contribution in [2.75, 3.05) is 13.2 Å². The number of aliphatic carboxylic acids is 1. The van der Waals surface area contributed by atoms with Crippen LogP contribution in [0.15, 0.2) is 158 Å². The zero-order valence-electron chi connectivity index (χ0n) is 49.7. The van der Waals surface area contributed by atoms with Gasteiger partial charge in [0.25, 0.3) is 0 Å². The van der Waals surface area contributed by atoms with Gasteiger partial charge in [-0.2, -0.15) is 0 Å². The molecule has 1 saturated heterocycles. The summed E-state index contributed by atoms with van der Waals surface area (Å²) in [5.41, 5.74) is 0.